The Morgan fingerprint density at radius 1 is 0.516 bits per heavy atom. The monoisotopic (exact) mass is 492 g/mol. The van der Waals surface area contributed by atoms with Crippen LogP contribution >= 0.6 is 0 Å². The van der Waals surface area contributed by atoms with Crippen LogP contribution in [0.2, 0.25) is 0 Å². The largest absolute Gasteiger partial charge is 3.00 e. The second kappa shape index (κ2) is 15.8. The molecule has 6 unspecified atom stereocenters. The van der Waals surface area contributed by atoms with Crippen LogP contribution < -0.4 is 15.3 Å². The van der Waals surface area contributed by atoms with E-state index in [1.165, 1.54) is 19.3 Å². The summed E-state index contributed by atoms with van der Waals surface area (Å²) >= 11 is 0. The molecule has 0 saturated heterocycles. The van der Waals surface area contributed by atoms with Crippen molar-refractivity contribution in [3.8, 4) is 0 Å². The molecule has 6 atom stereocenters. The van der Waals surface area contributed by atoms with Gasteiger partial charge in [-0.3, -0.25) is 0 Å². The fourth-order valence-electron chi connectivity index (χ4n) is 4.94. The minimum absolute atomic E-state index is 0. The van der Waals surface area contributed by atoms with Gasteiger partial charge in [0.1, 0.15) is 0 Å². The van der Waals surface area contributed by atoms with Gasteiger partial charge in [0.05, 0.1) is 0 Å². The summed E-state index contributed by atoms with van der Waals surface area (Å²) in [6.07, 6.45) is 11.7. The molecule has 0 N–H and O–H groups in total. The van der Waals surface area contributed by atoms with E-state index in [1.807, 2.05) is 0 Å². The topological polar surface area (TPSA) is 120 Å². The van der Waals surface area contributed by atoms with Crippen LogP contribution in [-0.2, 0) is 14.4 Å². The van der Waals surface area contributed by atoms with Gasteiger partial charge in [-0.25, -0.2) is 0 Å². The summed E-state index contributed by atoms with van der Waals surface area (Å²) in [6, 6.07) is 0. The summed E-state index contributed by atoms with van der Waals surface area (Å²) in [5, 5.41) is 31.2. The summed E-state index contributed by atoms with van der Waals surface area (Å²) < 4.78 is 0. The van der Waals surface area contributed by atoms with Crippen molar-refractivity contribution in [2.75, 3.05) is 0 Å². The summed E-state index contributed by atoms with van der Waals surface area (Å²) in [4.78, 5) is 31.2. The number of carboxylic acid groups (broad SMARTS) is 3. The maximum atomic E-state index is 10.4. The van der Waals surface area contributed by atoms with Crippen molar-refractivity contribution in [2.45, 2.75) is 97.8 Å². The van der Waals surface area contributed by atoms with Gasteiger partial charge in [0.25, 0.3) is 0 Å². The van der Waals surface area contributed by atoms with Gasteiger partial charge in [0.15, 0.2) is 0 Å². The number of rotatable bonds is 3. The van der Waals surface area contributed by atoms with Crippen molar-refractivity contribution in [1.82, 2.24) is 0 Å². The van der Waals surface area contributed by atoms with E-state index < -0.39 is 17.9 Å². The van der Waals surface area contributed by atoms with E-state index in [0.717, 1.165) is 57.8 Å². The molecule has 0 aromatic carbocycles. The van der Waals surface area contributed by atoms with Crippen LogP contribution in [0.15, 0.2) is 0 Å². The van der Waals surface area contributed by atoms with Gasteiger partial charge >= 0.3 is 19.8 Å². The number of hydrogen-bond acceptors (Lipinski definition) is 6. The zero-order valence-corrected chi connectivity index (χ0v) is 21.9. The molecule has 3 aliphatic rings. The van der Waals surface area contributed by atoms with E-state index >= 15 is 0 Å². The first-order chi connectivity index (χ1) is 14.1. The molecule has 0 aliphatic heterocycles. The minimum Gasteiger partial charge on any atom is -0.550 e. The third-order valence-electron chi connectivity index (χ3n) is 6.81. The van der Waals surface area contributed by atoms with E-state index in [9.17, 15) is 29.7 Å². The predicted molar refractivity (Wildman–Crippen MR) is 114 cm³/mol. The van der Waals surface area contributed by atoms with Gasteiger partial charge in [-0.2, -0.15) is 0 Å². The van der Waals surface area contributed by atoms with Crippen LogP contribution in [0, 0.1) is 35.5 Å². The van der Waals surface area contributed by atoms with Crippen LogP contribution in [0.25, 0.3) is 0 Å². The van der Waals surface area contributed by atoms with Crippen molar-refractivity contribution in [3.63, 3.8) is 0 Å². The van der Waals surface area contributed by atoms with Crippen molar-refractivity contribution in [1.29, 1.82) is 0 Å². The van der Waals surface area contributed by atoms with Gasteiger partial charge in [0.2, 0.25) is 0 Å². The molecule has 0 aromatic heterocycles. The average Bonchev–Trinajstić information content (AvgIpc) is 2.69. The molecule has 3 fully saturated rings. The molecule has 0 heterocycles. The quantitative estimate of drug-likeness (QED) is 0.547. The smallest absolute Gasteiger partial charge is 0.550 e. The minimum atomic E-state index is -0.855. The van der Waals surface area contributed by atoms with E-state index in [4.69, 9.17) is 0 Å². The van der Waals surface area contributed by atoms with Gasteiger partial charge in [-0.1, -0.05) is 59.3 Å². The van der Waals surface area contributed by atoms with Crippen molar-refractivity contribution >= 4 is 37.7 Å². The molecule has 0 spiro atoms. The fourth-order valence-corrected chi connectivity index (χ4v) is 4.94. The van der Waals surface area contributed by atoms with Gasteiger partial charge < -0.3 is 29.7 Å². The summed E-state index contributed by atoms with van der Waals surface area (Å²) in [5.41, 5.74) is 0. The maximum Gasteiger partial charge on any atom is 3.00 e. The van der Waals surface area contributed by atoms with Crippen molar-refractivity contribution < 1.29 is 29.7 Å². The first-order valence-corrected chi connectivity index (χ1v) is 11.7. The number of carbonyl (C=O) groups is 3. The Labute approximate surface area is 200 Å². The predicted octanol–water partition coefficient (Wildman–Crippen LogP) is 1.31. The van der Waals surface area contributed by atoms with Crippen molar-refractivity contribution in [3.05, 3.63) is 0 Å². The molecule has 0 radical (unpaired) electrons. The van der Waals surface area contributed by atoms with Crippen molar-refractivity contribution in [2.24, 2.45) is 35.5 Å². The summed E-state index contributed by atoms with van der Waals surface area (Å²) in [6.45, 7) is 6.32. The molecule has 3 rings (SSSR count). The van der Waals surface area contributed by atoms with Crippen LogP contribution in [0.4, 0.5) is 0 Å². The standard InChI is InChI=1S/3C8H14O2.Ga/c3*1-6-3-2-4-7(5-6)8(9)10;/h3*6-7H,2-5H2,1H3,(H,9,10);/q;;;+3/p-3. The normalized spacial score (nSPS) is 32.6. The first-order valence-electron chi connectivity index (χ1n) is 11.7. The number of carbonyl (C=O) groups excluding carboxylic acids is 3. The van der Waals surface area contributed by atoms with Crippen LogP contribution in [0.3, 0.4) is 0 Å². The molecule has 0 amide bonds. The molecule has 0 bridgehead atoms. The molecule has 31 heavy (non-hydrogen) atoms. The Kier molecular flexibility index (Phi) is 15.3. The van der Waals surface area contributed by atoms with E-state index in [-0.39, 0.29) is 37.5 Å². The molecule has 0 aromatic rings. The number of aliphatic carboxylic acids is 3. The third kappa shape index (κ3) is 12.6. The molecule has 6 nitrogen and oxygen atoms in total. The van der Waals surface area contributed by atoms with Gasteiger partial charge in [0, 0.05) is 17.9 Å². The number of hydrogen-bond donors (Lipinski definition) is 0. The SMILES string of the molecule is CC1CCCC(C(=O)[O-])C1.CC1CCCC(C(=O)[O-])C1.CC1CCCC(C(=O)[O-])C1.[Ga+3]. The zero-order valence-electron chi connectivity index (χ0n) is 19.5. The fraction of sp³-hybridized carbons (Fsp3) is 0.875. The van der Waals surface area contributed by atoms with Crippen LogP contribution in [0.5, 0.6) is 0 Å². The first kappa shape index (κ1) is 30.0. The second-order valence-corrected chi connectivity index (χ2v) is 9.86. The maximum absolute atomic E-state index is 10.4. The third-order valence-corrected chi connectivity index (χ3v) is 6.81. The van der Waals surface area contributed by atoms with E-state index in [2.05, 4.69) is 20.8 Å². The summed E-state index contributed by atoms with van der Waals surface area (Å²) in [7, 11) is 0. The average molecular weight is 493 g/mol. The van der Waals surface area contributed by atoms with E-state index in [0.29, 0.717) is 17.8 Å². The van der Waals surface area contributed by atoms with Crippen LogP contribution in [-0.4, -0.2) is 37.7 Å². The molecule has 3 saturated carbocycles. The Hall–Kier alpha value is -0.954. The van der Waals surface area contributed by atoms with Gasteiger partial charge in [-0.15, -0.1) is 0 Å². The van der Waals surface area contributed by atoms with Crippen LogP contribution in [0.1, 0.15) is 97.8 Å². The zero-order chi connectivity index (χ0) is 22.7. The number of carboxylic acids is 3. The Balaban J connectivity index is 0.000000429. The molecular weight excluding hydrogens is 454 g/mol. The molecule has 174 valence electrons. The van der Waals surface area contributed by atoms with E-state index in [1.54, 1.807) is 0 Å². The second-order valence-electron chi connectivity index (χ2n) is 9.86. The Morgan fingerprint density at radius 3 is 0.871 bits per heavy atom. The Morgan fingerprint density at radius 2 is 0.742 bits per heavy atom. The Bertz CT molecular complexity index is 476. The molecule has 3 aliphatic carbocycles. The molecule has 7 heteroatoms. The molecular formula is C24H39GaO6. The van der Waals surface area contributed by atoms with Gasteiger partial charge in [-0.05, 0) is 74.0 Å². The summed E-state index contributed by atoms with van der Waals surface area (Å²) in [5.74, 6) is -1.31.